The lowest BCUT2D eigenvalue weighted by Gasteiger charge is -2.33. The van der Waals surface area contributed by atoms with Gasteiger partial charge in [-0.3, -0.25) is 4.79 Å². The second-order valence-corrected chi connectivity index (χ2v) is 6.66. The highest BCUT2D eigenvalue weighted by atomic mass is 16.3. The van der Waals surface area contributed by atoms with Crippen molar-refractivity contribution >= 4 is 16.9 Å². The van der Waals surface area contributed by atoms with Gasteiger partial charge in [0.05, 0.1) is 30.0 Å². The summed E-state index contributed by atoms with van der Waals surface area (Å²) in [7, 11) is 0. The first-order chi connectivity index (χ1) is 12.3. The summed E-state index contributed by atoms with van der Waals surface area (Å²) in [6.45, 7) is 3.76. The fourth-order valence-electron chi connectivity index (χ4n) is 3.80. The lowest BCUT2D eigenvalue weighted by molar-refractivity contribution is -0.131. The molecule has 1 aromatic carbocycles. The monoisotopic (exact) mass is 337 g/mol. The van der Waals surface area contributed by atoms with Crippen LogP contribution in [0.3, 0.4) is 0 Å². The minimum atomic E-state index is 0.186. The molecule has 1 fully saturated rings. The van der Waals surface area contributed by atoms with E-state index >= 15 is 0 Å². The Morgan fingerprint density at radius 2 is 2.04 bits per heavy atom. The van der Waals surface area contributed by atoms with Crippen molar-refractivity contribution in [1.82, 2.24) is 14.5 Å². The lowest BCUT2D eigenvalue weighted by atomic mass is 10.0. The number of carbonyl (C=O) groups excluding carboxylic acids is 1. The van der Waals surface area contributed by atoms with Crippen LogP contribution in [0.2, 0.25) is 0 Å². The molecule has 1 saturated heterocycles. The second-order valence-electron chi connectivity index (χ2n) is 6.66. The molecule has 1 aliphatic rings. The van der Waals surface area contributed by atoms with E-state index in [0.717, 1.165) is 49.3 Å². The molecular weight excluding hydrogens is 314 g/mol. The molecule has 0 radical (unpaired) electrons. The maximum Gasteiger partial charge on any atom is 0.227 e. The highest BCUT2D eigenvalue weighted by Gasteiger charge is 2.26. The van der Waals surface area contributed by atoms with Crippen LogP contribution >= 0.6 is 0 Å². The maximum absolute atomic E-state index is 12.5. The quantitative estimate of drug-likeness (QED) is 0.731. The topological polar surface area (TPSA) is 51.3 Å². The third kappa shape index (κ3) is 3.06. The molecule has 3 aromatic rings. The normalized spacial score (nSPS) is 15.8. The molecule has 2 aromatic heterocycles. The van der Waals surface area contributed by atoms with Gasteiger partial charge in [0.1, 0.15) is 5.82 Å². The Balaban J connectivity index is 1.48. The Hall–Kier alpha value is -2.56. The number of carbonyl (C=O) groups is 1. The van der Waals surface area contributed by atoms with Crippen molar-refractivity contribution in [3.63, 3.8) is 0 Å². The van der Waals surface area contributed by atoms with Crippen molar-refractivity contribution < 1.29 is 9.21 Å². The molecule has 0 saturated carbocycles. The van der Waals surface area contributed by atoms with E-state index in [1.807, 2.05) is 17.0 Å². The predicted octanol–water partition coefficient (Wildman–Crippen LogP) is 3.60. The Bertz CT molecular complexity index is 858. The summed E-state index contributed by atoms with van der Waals surface area (Å²) in [4.78, 5) is 19.2. The number of imidazole rings is 1. The number of benzene rings is 1. The molecule has 3 heterocycles. The molecule has 130 valence electrons. The van der Waals surface area contributed by atoms with Crippen LogP contribution in [0.4, 0.5) is 0 Å². The molecule has 0 aliphatic carbocycles. The highest BCUT2D eigenvalue weighted by molar-refractivity contribution is 5.79. The number of hydrogen-bond donors (Lipinski definition) is 0. The average molecular weight is 337 g/mol. The van der Waals surface area contributed by atoms with Crippen molar-refractivity contribution in [2.75, 3.05) is 13.1 Å². The van der Waals surface area contributed by atoms with Gasteiger partial charge in [0.25, 0.3) is 0 Å². The number of amides is 1. The Morgan fingerprint density at radius 3 is 2.76 bits per heavy atom. The zero-order chi connectivity index (χ0) is 17.2. The van der Waals surface area contributed by atoms with Gasteiger partial charge >= 0.3 is 0 Å². The summed E-state index contributed by atoms with van der Waals surface area (Å²) < 4.78 is 7.45. The molecular formula is C20H23N3O2. The van der Waals surface area contributed by atoms with Crippen LogP contribution < -0.4 is 0 Å². The number of furan rings is 1. The summed E-state index contributed by atoms with van der Waals surface area (Å²) in [5.74, 6) is 1.33. The van der Waals surface area contributed by atoms with E-state index in [9.17, 15) is 4.79 Å². The number of fused-ring (bicyclic) bond motifs is 1. The van der Waals surface area contributed by atoms with Crippen LogP contribution in [-0.2, 0) is 17.6 Å². The zero-order valence-corrected chi connectivity index (χ0v) is 14.5. The molecule has 1 amide bonds. The van der Waals surface area contributed by atoms with Gasteiger partial charge in [0, 0.05) is 25.6 Å². The molecule has 4 rings (SSSR count). The third-order valence-electron chi connectivity index (χ3n) is 5.10. The van der Waals surface area contributed by atoms with Crippen LogP contribution in [0.1, 0.15) is 37.2 Å². The summed E-state index contributed by atoms with van der Waals surface area (Å²) >= 11 is 0. The van der Waals surface area contributed by atoms with Crippen molar-refractivity contribution in [1.29, 1.82) is 0 Å². The van der Waals surface area contributed by atoms with Crippen LogP contribution in [-0.4, -0.2) is 33.4 Å². The molecule has 0 N–H and O–H groups in total. The van der Waals surface area contributed by atoms with Crippen molar-refractivity contribution in [2.24, 2.45) is 0 Å². The maximum atomic E-state index is 12.5. The van der Waals surface area contributed by atoms with Gasteiger partial charge in [-0.1, -0.05) is 19.1 Å². The molecule has 25 heavy (non-hydrogen) atoms. The summed E-state index contributed by atoms with van der Waals surface area (Å²) in [6, 6.07) is 10.6. The molecule has 0 unspecified atom stereocenters. The molecule has 0 spiro atoms. The van der Waals surface area contributed by atoms with E-state index < -0.39 is 0 Å². The van der Waals surface area contributed by atoms with Crippen molar-refractivity contribution in [3.05, 3.63) is 54.2 Å². The van der Waals surface area contributed by atoms with Gasteiger partial charge in [-0.2, -0.15) is 0 Å². The minimum absolute atomic E-state index is 0.186. The van der Waals surface area contributed by atoms with Gasteiger partial charge in [-0.15, -0.1) is 0 Å². The largest absolute Gasteiger partial charge is 0.472 e. The molecule has 5 nitrogen and oxygen atoms in total. The fourth-order valence-corrected chi connectivity index (χ4v) is 3.80. The van der Waals surface area contributed by atoms with Crippen molar-refractivity contribution in [2.45, 2.75) is 38.6 Å². The number of piperidine rings is 1. The van der Waals surface area contributed by atoms with Gasteiger partial charge in [-0.05, 0) is 36.6 Å². The minimum Gasteiger partial charge on any atom is -0.472 e. The number of aromatic nitrogens is 2. The number of aryl methyl sites for hydroxylation is 1. The molecule has 1 aliphatic heterocycles. The fraction of sp³-hybridized carbons (Fsp3) is 0.400. The summed E-state index contributed by atoms with van der Waals surface area (Å²) in [5.41, 5.74) is 3.22. The predicted molar refractivity (Wildman–Crippen MR) is 96.4 cm³/mol. The first-order valence-electron chi connectivity index (χ1n) is 9.01. The standard InChI is InChI=1S/C20H23N3O2/c1-2-19-21-17-5-3-4-6-18(17)23(19)16-7-10-22(11-8-16)20(24)13-15-9-12-25-14-15/h3-6,9,12,14,16H,2,7-8,10-11,13H2,1H3. The van der Waals surface area contributed by atoms with Crippen LogP contribution in [0.15, 0.2) is 47.3 Å². The van der Waals surface area contributed by atoms with Gasteiger partial charge in [0.2, 0.25) is 5.91 Å². The zero-order valence-electron chi connectivity index (χ0n) is 14.5. The average Bonchev–Trinajstić information content (AvgIpc) is 3.28. The van der Waals surface area contributed by atoms with E-state index in [0.29, 0.717) is 12.5 Å². The number of hydrogen-bond acceptors (Lipinski definition) is 3. The van der Waals surface area contributed by atoms with Crippen LogP contribution in [0.5, 0.6) is 0 Å². The van der Waals surface area contributed by atoms with Gasteiger partial charge in [-0.25, -0.2) is 4.98 Å². The van der Waals surface area contributed by atoms with Gasteiger partial charge in [0.15, 0.2) is 0 Å². The first-order valence-corrected chi connectivity index (χ1v) is 9.01. The van der Waals surface area contributed by atoms with Gasteiger partial charge < -0.3 is 13.9 Å². The Morgan fingerprint density at radius 1 is 1.24 bits per heavy atom. The number of likely N-dealkylation sites (tertiary alicyclic amines) is 1. The Kier molecular flexibility index (Phi) is 4.30. The van der Waals surface area contributed by atoms with Crippen LogP contribution in [0, 0.1) is 0 Å². The number of para-hydroxylation sites is 2. The van der Waals surface area contributed by atoms with E-state index in [4.69, 9.17) is 9.40 Å². The van der Waals surface area contributed by atoms with E-state index in [-0.39, 0.29) is 5.91 Å². The highest BCUT2D eigenvalue weighted by Crippen LogP contribution is 2.29. The van der Waals surface area contributed by atoms with Crippen molar-refractivity contribution in [3.8, 4) is 0 Å². The Labute approximate surface area is 147 Å². The molecule has 0 bridgehead atoms. The summed E-state index contributed by atoms with van der Waals surface area (Å²) in [5, 5.41) is 0. The molecule has 0 atom stereocenters. The number of nitrogens with zero attached hydrogens (tertiary/aromatic N) is 3. The van der Waals surface area contributed by atoms with E-state index in [1.54, 1.807) is 12.5 Å². The summed E-state index contributed by atoms with van der Waals surface area (Å²) in [6.07, 6.45) is 6.57. The smallest absolute Gasteiger partial charge is 0.227 e. The molecule has 5 heteroatoms. The van der Waals surface area contributed by atoms with E-state index in [1.165, 1.54) is 5.52 Å². The lowest BCUT2D eigenvalue weighted by Crippen LogP contribution is -2.40. The number of rotatable bonds is 4. The third-order valence-corrected chi connectivity index (χ3v) is 5.10. The SMILES string of the molecule is CCc1nc2ccccc2n1C1CCN(C(=O)Cc2ccoc2)CC1. The first kappa shape index (κ1) is 15.9. The van der Waals surface area contributed by atoms with E-state index in [2.05, 4.69) is 29.7 Å². The second kappa shape index (κ2) is 6.75. The van der Waals surface area contributed by atoms with Crippen LogP contribution in [0.25, 0.3) is 11.0 Å².